The maximum atomic E-state index is 12.8. The van der Waals surface area contributed by atoms with E-state index in [1.54, 1.807) is 0 Å². The van der Waals surface area contributed by atoms with Crippen LogP contribution < -0.4 is 9.64 Å². The molecule has 36 heavy (non-hydrogen) atoms. The van der Waals surface area contributed by atoms with Crippen LogP contribution in [-0.4, -0.2) is 53.8 Å². The fourth-order valence-electron chi connectivity index (χ4n) is 4.66. The second-order valence-electron chi connectivity index (χ2n) is 9.69. The molecule has 1 aliphatic heterocycles. The van der Waals surface area contributed by atoms with Gasteiger partial charge in [0, 0.05) is 31.7 Å². The van der Waals surface area contributed by atoms with Crippen LogP contribution in [0, 0.1) is 6.92 Å². The van der Waals surface area contributed by atoms with Gasteiger partial charge in [0.2, 0.25) is 0 Å². The molecule has 0 unspecified atom stereocenters. The number of rotatable bonds is 6. The van der Waals surface area contributed by atoms with Gasteiger partial charge < -0.3 is 14.5 Å². The summed E-state index contributed by atoms with van der Waals surface area (Å²) in [4.78, 5) is 16.9. The van der Waals surface area contributed by atoms with Gasteiger partial charge in [0.1, 0.15) is 5.75 Å². The van der Waals surface area contributed by atoms with Crippen LogP contribution in [0.5, 0.6) is 5.75 Å². The SMILES string of the molecule is Cc1ccc(C(C)C)c(OCC(=O)N2CCN(c3ccc(-c4ccc5ccccc5c4)nn3)CC2)c1. The normalized spacial score (nSPS) is 13.9. The van der Waals surface area contributed by atoms with Gasteiger partial charge in [-0.05, 0) is 59.0 Å². The molecule has 2 heterocycles. The van der Waals surface area contributed by atoms with Crippen LogP contribution in [0.3, 0.4) is 0 Å². The van der Waals surface area contributed by atoms with E-state index in [2.05, 4.69) is 71.4 Å². The highest BCUT2D eigenvalue weighted by Crippen LogP contribution is 2.28. The summed E-state index contributed by atoms with van der Waals surface area (Å²) in [7, 11) is 0. The highest BCUT2D eigenvalue weighted by atomic mass is 16.5. The zero-order valence-corrected chi connectivity index (χ0v) is 21.1. The van der Waals surface area contributed by atoms with Gasteiger partial charge in [-0.25, -0.2) is 0 Å². The zero-order valence-electron chi connectivity index (χ0n) is 21.1. The van der Waals surface area contributed by atoms with Crippen LogP contribution in [0.15, 0.2) is 72.8 Å². The number of piperazine rings is 1. The van der Waals surface area contributed by atoms with Crippen LogP contribution in [0.25, 0.3) is 22.0 Å². The lowest BCUT2D eigenvalue weighted by Gasteiger charge is -2.35. The van der Waals surface area contributed by atoms with Gasteiger partial charge >= 0.3 is 0 Å². The van der Waals surface area contributed by atoms with Gasteiger partial charge in [-0.1, -0.05) is 62.4 Å². The Kier molecular flexibility index (Phi) is 6.85. The first-order valence-corrected chi connectivity index (χ1v) is 12.6. The summed E-state index contributed by atoms with van der Waals surface area (Å²) < 4.78 is 5.96. The number of hydrogen-bond acceptors (Lipinski definition) is 5. The monoisotopic (exact) mass is 480 g/mol. The molecule has 1 amide bonds. The second-order valence-corrected chi connectivity index (χ2v) is 9.69. The fraction of sp³-hybridized carbons (Fsp3) is 0.300. The predicted octanol–water partition coefficient (Wildman–Crippen LogP) is 5.46. The second kappa shape index (κ2) is 10.4. The van der Waals surface area contributed by atoms with Crippen LogP contribution in [0.4, 0.5) is 5.82 Å². The summed E-state index contributed by atoms with van der Waals surface area (Å²) >= 11 is 0. The van der Waals surface area contributed by atoms with Crippen LogP contribution in [0.1, 0.15) is 30.9 Å². The molecule has 1 saturated heterocycles. The first-order valence-electron chi connectivity index (χ1n) is 12.6. The molecule has 0 spiro atoms. The van der Waals surface area contributed by atoms with Crippen molar-refractivity contribution in [1.82, 2.24) is 15.1 Å². The predicted molar refractivity (Wildman–Crippen MR) is 145 cm³/mol. The van der Waals surface area contributed by atoms with E-state index < -0.39 is 0 Å². The highest BCUT2D eigenvalue weighted by Gasteiger charge is 2.23. The summed E-state index contributed by atoms with van der Waals surface area (Å²) in [5.74, 6) is 2.00. The molecular weight excluding hydrogens is 448 g/mol. The minimum atomic E-state index is 0.0172. The van der Waals surface area contributed by atoms with Crippen molar-refractivity contribution < 1.29 is 9.53 Å². The third kappa shape index (κ3) is 5.18. The Labute approximate surface area is 212 Å². The lowest BCUT2D eigenvalue weighted by Crippen LogP contribution is -2.50. The van der Waals surface area contributed by atoms with Gasteiger partial charge in [0.05, 0.1) is 5.69 Å². The van der Waals surface area contributed by atoms with Crippen LogP contribution in [0.2, 0.25) is 0 Å². The number of carbonyl (C=O) groups is 1. The van der Waals surface area contributed by atoms with E-state index in [-0.39, 0.29) is 12.5 Å². The minimum absolute atomic E-state index is 0.0172. The molecule has 4 aromatic rings. The number of ether oxygens (including phenoxy) is 1. The molecule has 5 rings (SSSR count). The zero-order chi connectivity index (χ0) is 25.1. The number of fused-ring (bicyclic) bond motifs is 1. The maximum absolute atomic E-state index is 12.8. The maximum Gasteiger partial charge on any atom is 0.260 e. The lowest BCUT2D eigenvalue weighted by atomic mass is 10.0. The van der Waals surface area contributed by atoms with Crippen molar-refractivity contribution in [3.05, 3.63) is 83.9 Å². The number of benzene rings is 3. The summed E-state index contributed by atoms with van der Waals surface area (Å²) in [6.07, 6.45) is 0. The third-order valence-electron chi connectivity index (χ3n) is 6.79. The standard InChI is InChI=1S/C30H32N4O2/c1-21(2)26-11-8-22(3)18-28(26)36-20-30(35)34-16-14-33(15-17-34)29-13-12-27(31-32-29)25-10-9-23-6-4-5-7-24(23)19-25/h4-13,18-19,21H,14-17,20H2,1-3H3. The van der Waals surface area contributed by atoms with Crippen molar-refractivity contribution in [2.45, 2.75) is 26.7 Å². The third-order valence-corrected chi connectivity index (χ3v) is 6.79. The van der Waals surface area contributed by atoms with Gasteiger partial charge in [-0.2, -0.15) is 0 Å². The van der Waals surface area contributed by atoms with E-state index in [0.717, 1.165) is 47.0 Å². The number of hydrogen-bond donors (Lipinski definition) is 0. The van der Waals surface area contributed by atoms with E-state index >= 15 is 0 Å². The molecule has 0 radical (unpaired) electrons. The Bertz CT molecular complexity index is 1360. The van der Waals surface area contributed by atoms with Crippen molar-refractivity contribution >= 4 is 22.5 Å². The molecule has 1 fully saturated rings. The Morgan fingerprint density at radius 2 is 1.67 bits per heavy atom. The molecule has 0 N–H and O–H groups in total. The summed E-state index contributed by atoms with van der Waals surface area (Å²) in [5, 5.41) is 11.4. The lowest BCUT2D eigenvalue weighted by molar-refractivity contribution is -0.133. The van der Waals surface area contributed by atoms with Crippen LogP contribution >= 0.6 is 0 Å². The Balaban J connectivity index is 1.17. The number of anilines is 1. The smallest absolute Gasteiger partial charge is 0.260 e. The topological polar surface area (TPSA) is 58.6 Å². The molecule has 6 nitrogen and oxygen atoms in total. The van der Waals surface area contributed by atoms with Gasteiger partial charge in [-0.3, -0.25) is 4.79 Å². The minimum Gasteiger partial charge on any atom is -0.483 e. The largest absolute Gasteiger partial charge is 0.483 e. The number of aromatic nitrogens is 2. The van der Waals surface area contributed by atoms with E-state index in [0.29, 0.717) is 19.0 Å². The molecular formula is C30H32N4O2. The first kappa shape index (κ1) is 23.8. The van der Waals surface area contributed by atoms with Crippen molar-refractivity contribution in [2.24, 2.45) is 0 Å². The number of amides is 1. The van der Waals surface area contributed by atoms with Crippen molar-refractivity contribution in [2.75, 3.05) is 37.7 Å². The molecule has 1 aliphatic rings. The average Bonchev–Trinajstić information content (AvgIpc) is 2.91. The van der Waals surface area contributed by atoms with E-state index in [4.69, 9.17) is 4.74 Å². The van der Waals surface area contributed by atoms with Gasteiger partial charge in [-0.15, -0.1) is 10.2 Å². The number of carbonyl (C=O) groups excluding carboxylic acids is 1. The quantitative estimate of drug-likeness (QED) is 0.367. The van der Waals surface area contributed by atoms with E-state index in [1.165, 1.54) is 10.8 Å². The fourth-order valence-corrected chi connectivity index (χ4v) is 4.66. The van der Waals surface area contributed by atoms with Crippen molar-refractivity contribution in [3.63, 3.8) is 0 Å². The summed E-state index contributed by atoms with van der Waals surface area (Å²) in [6, 6.07) is 24.9. The Morgan fingerprint density at radius 3 is 2.39 bits per heavy atom. The van der Waals surface area contributed by atoms with Gasteiger partial charge in [0.15, 0.2) is 12.4 Å². The Hall–Kier alpha value is -3.93. The van der Waals surface area contributed by atoms with Crippen molar-refractivity contribution in [1.29, 1.82) is 0 Å². The number of aryl methyl sites for hydroxylation is 1. The molecule has 184 valence electrons. The first-order chi connectivity index (χ1) is 17.5. The molecule has 3 aromatic carbocycles. The summed E-state index contributed by atoms with van der Waals surface area (Å²) in [6.45, 7) is 9.08. The molecule has 0 atom stereocenters. The molecule has 0 aliphatic carbocycles. The molecule has 6 heteroatoms. The Morgan fingerprint density at radius 1 is 0.889 bits per heavy atom. The number of nitrogens with zero attached hydrogens (tertiary/aromatic N) is 4. The van der Waals surface area contributed by atoms with E-state index in [1.807, 2.05) is 42.2 Å². The van der Waals surface area contributed by atoms with Crippen LogP contribution in [-0.2, 0) is 4.79 Å². The van der Waals surface area contributed by atoms with Gasteiger partial charge in [0.25, 0.3) is 5.91 Å². The molecule has 0 saturated carbocycles. The molecule has 1 aromatic heterocycles. The summed E-state index contributed by atoms with van der Waals surface area (Å²) in [5.41, 5.74) is 4.16. The van der Waals surface area contributed by atoms with E-state index in [9.17, 15) is 4.79 Å². The molecule has 0 bridgehead atoms. The van der Waals surface area contributed by atoms with Crippen molar-refractivity contribution in [3.8, 4) is 17.0 Å². The average molecular weight is 481 g/mol. The highest BCUT2D eigenvalue weighted by molar-refractivity contribution is 5.86.